The Bertz CT molecular complexity index is 622. The maximum absolute atomic E-state index is 12.7. The lowest BCUT2D eigenvalue weighted by Gasteiger charge is -2.34. The monoisotopic (exact) mass is 333 g/mol. The van der Waals surface area contributed by atoms with E-state index in [0.29, 0.717) is 30.3 Å². The van der Waals surface area contributed by atoms with Crippen LogP contribution >= 0.6 is 0 Å². The topological polar surface area (TPSA) is 65.1 Å². The molecule has 0 bridgehead atoms. The summed E-state index contributed by atoms with van der Waals surface area (Å²) in [7, 11) is 1.40. The Kier molecular flexibility index (Phi) is 5.04. The van der Waals surface area contributed by atoms with Crippen molar-refractivity contribution >= 4 is 11.8 Å². The van der Waals surface area contributed by atoms with E-state index < -0.39 is 0 Å². The number of benzene rings is 1. The second-order valence-electron chi connectivity index (χ2n) is 6.23. The van der Waals surface area contributed by atoms with Gasteiger partial charge in [-0.3, -0.25) is 14.5 Å². The summed E-state index contributed by atoms with van der Waals surface area (Å²) in [5, 5.41) is 0. The molecule has 0 radical (unpaired) electrons. The van der Waals surface area contributed by atoms with Crippen molar-refractivity contribution < 1.29 is 23.8 Å². The third-order valence-electron chi connectivity index (χ3n) is 4.82. The van der Waals surface area contributed by atoms with Crippen LogP contribution in [0.3, 0.4) is 0 Å². The first-order valence-corrected chi connectivity index (χ1v) is 8.36. The summed E-state index contributed by atoms with van der Waals surface area (Å²) in [6, 6.07) is 5.12. The van der Waals surface area contributed by atoms with Crippen LogP contribution in [-0.2, 0) is 9.53 Å². The van der Waals surface area contributed by atoms with E-state index in [2.05, 4.69) is 4.90 Å². The van der Waals surface area contributed by atoms with Gasteiger partial charge in [-0.25, -0.2) is 0 Å². The predicted octanol–water partition coefficient (Wildman–Crippen LogP) is 1.91. The lowest BCUT2D eigenvalue weighted by Crippen LogP contribution is -2.45. The maximum Gasteiger partial charge on any atom is 0.322 e. The fourth-order valence-electron chi connectivity index (χ4n) is 3.30. The standard InChI is InChI=1S/C18H23NO5/c1-12(18(21)22-2)19-7-5-13(6-8-19)17(20)14-3-4-15-16(11-14)24-10-9-23-15/h3-4,11-13H,5-10H2,1-2H3/t12-/m0/s1. The average molecular weight is 333 g/mol. The van der Waals surface area contributed by atoms with E-state index in [0.717, 1.165) is 25.9 Å². The number of ether oxygens (including phenoxy) is 3. The van der Waals surface area contributed by atoms with Gasteiger partial charge in [-0.15, -0.1) is 0 Å². The number of hydrogen-bond donors (Lipinski definition) is 0. The number of likely N-dealkylation sites (tertiary alicyclic amines) is 1. The molecule has 6 nitrogen and oxygen atoms in total. The zero-order chi connectivity index (χ0) is 17.1. The lowest BCUT2D eigenvalue weighted by molar-refractivity contribution is -0.146. The number of piperidine rings is 1. The van der Waals surface area contributed by atoms with Crippen molar-refractivity contribution in [3.05, 3.63) is 23.8 Å². The average Bonchev–Trinajstić information content (AvgIpc) is 2.66. The van der Waals surface area contributed by atoms with Gasteiger partial charge < -0.3 is 14.2 Å². The highest BCUT2D eigenvalue weighted by Gasteiger charge is 2.31. The van der Waals surface area contributed by atoms with Crippen LogP contribution in [0, 0.1) is 5.92 Å². The number of fused-ring (bicyclic) bond motifs is 1. The molecule has 2 heterocycles. The van der Waals surface area contributed by atoms with Gasteiger partial charge >= 0.3 is 5.97 Å². The minimum atomic E-state index is -0.264. The molecule has 0 amide bonds. The zero-order valence-corrected chi connectivity index (χ0v) is 14.1. The fraction of sp³-hybridized carbons (Fsp3) is 0.556. The molecule has 1 fully saturated rings. The minimum absolute atomic E-state index is 0.0198. The number of methoxy groups -OCH3 is 1. The second-order valence-corrected chi connectivity index (χ2v) is 6.23. The van der Waals surface area contributed by atoms with Crippen LogP contribution in [0.4, 0.5) is 0 Å². The highest BCUT2D eigenvalue weighted by Crippen LogP contribution is 2.32. The predicted molar refractivity (Wildman–Crippen MR) is 87.5 cm³/mol. The molecule has 0 aromatic heterocycles. The highest BCUT2D eigenvalue weighted by molar-refractivity contribution is 5.98. The largest absolute Gasteiger partial charge is 0.486 e. The van der Waals surface area contributed by atoms with Gasteiger partial charge in [-0.2, -0.15) is 0 Å². The van der Waals surface area contributed by atoms with Crippen molar-refractivity contribution in [2.75, 3.05) is 33.4 Å². The maximum atomic E-state index is 12.7. The number of esters is 1. The Hall–Kier alpha value is -2.08. The first-order valence-electron chi connectivity index (χ1n) is 8.36. The van der Waals surface area contributed by atoms with E-state index in [4.69, 9.17) is 14.2 Å². The van der Waals surface area contributed by atoms with E-state index in [-0.39, 0.29) is 23.7 Å². The van der Waals surface area contributed by atoms with Crippen LogP contribution < -0.4 is 9.47 Å². The number of hydrogen-bond acceptors (Lipinski definition) is 6. The lowest BCUT2D eigenvalue weighted by atomic mass is 9.88. The first kappa shape index (κ1) is 16.8. The number of carbonyl (C=O) groups excluding carboxylic acids is 2. The molecular formula is C18H23NO5. The summed E-state index contributed by atoms with van der Waals surface area (Å²) in [6.07, 6.45) is 1.49. The number of ketones is 1. The molecule has 6 heteroatoms. The summed E-state index contributed by atoms with van der Waals surface area (Å²) in [5.74, 6) is 1.22. The van der Waals surface area contributed by atoms with Crippen molar-refractivity contribution in [2.24, 2.45) is 5.92 Å². The summed E-state index contributed by atoms with van der Waals surface area (Å²) < 4.78 is 15.8. The first-order chi connectivity index (χ1) is 11.6. The molecule has 1 saturated heterocycles. The van der Waals surface area contributed by atoms with Crippen LogP contribution in [0.15, 0.2) is 18.2 Å². The highest BCUT2D eigenvalue weighted by atomic mass is 16.6. The molecule has 24 heavy (non-hydrogen) atoms. The summed E-state index contributed by atoms with van der Waals surface area (Å²) in [6.45, 7) is 4.33. The van der Waals surface area contributed by atoms with E-state index in [9.17, 15) is 9.59 Å². The number of carbonyl (C=O) groups is 2. The molecule has 130 valence electrons. The summed E-state index contributed by atoms with van der Waals surface area (Å²) in [4.78, 5) is 26.4. The zero-order valence-electron chi connectivity index (χ0n) is 14.1. The van der Waals surface area contributed by atoms with Crippen molar-refractivity contribution in [3.63, 3.8) is 0 Å². The Labute approximate surface area is 141 Å². The Balaban J connectivity index is 1.62. The smallest absolute Gasteiger partial charge is 0.322 e. The molecular weight excluding hydrogens is 310 g/mol. The van der Waals surface area contributed by atoms with Crippen LogP contribution in [0.25, 0.3) is 0 Å². The van der Waals surface area contributed by atoms with Crippen molar-refractivity contribution in [1.82, 2.24) is 4.90 Å². The van der Waals surface area contributed by atoms with Gasteiger partial charge in [0.1, 0.15) is 19.3 Å². The van der Waals surface area contributed by atoms with Crippen molar-refractivity contribution in [3.8, 4) is 11.5 Å². The molecule has 2 aliphatic rings. The normalized spacial score (nSPS) is 19.6. The van der Waals surface area contributed by atoms with Gasteiger partial charge in [0.15, 0.2) is 17.3 Å². The van der Waals surface area contributed by atoms with Gasteiger partial charge in [0.2, 0.25) is 0 Å². The van der Waals surface area contributed by atoms with E-state index >= 15 is 0 Å². The third-order valence-corrected chi connectivity index (χ3v) is 4.82. The molecule has 0 saturated carbocycles. The van der Waals surface area contributed by atoms with Crippen LogP contribution in [0.2, 0.25) is 0 Å². The molecule has 1 atom stereocenters. The fourth-order valence-corrected chi connectivity index (χ4v) is 3.30. The van der Waals surface area contributed by atoms with Gasteiger partial charge in [-0.1, -0.05) is 0 Å². The van der Waals surface area contributed by atoms with Crippen LogP contribution in [0.5, 0.6) is 11.5 Å². The van der Waals surface area contributed by atoms with Crippen molar-refractivity contribution in [1.29, 1.82) is 0 Å². The van der Waals surface area contributed by atoms with Gasteiger partial charge in [-0.05, 0) is 51.1 Å². The SMILES string of the molecule is COC(=O)[C@H](C)N1CCC(C(=O)c2ccc3c(c2)OCCO3)CC1. The van der Waals surface area contributed by atoms with Crippen molar-refractivity contribution in [2.45, 2.75) is 25.8 Å². The molecule has 0 unspecified atom stereocenters. The molecule has 3 rings (SSSR count). The molecule has 0 aliphatic carbocycles. The molecule has 2 aliphatic heterocycles. The summed E-state index contributed by atoms with van der Waals surface area (Å²) in [5.41, 5.74) is 0.665. The van der Waals surface area contributed by atoms with Gasteiger partial charge in [0.25, 0.3) is 0 Å². The molecule has 1 aromatic carbocycles. The van der Waals surface area contributed by atoms with Gasteiger partial charge in [0.05, 0.1) is 7.11 Å². The number of nitrogens with zero attached hydrogens (tertiary/aromatic N) is 1. The van der Waals surface area contributed by atoms with Crippen LogP contribution in [-0.4, -0.2) is 56.1 Å². The Morgan fingerprint density at radius 3 is 2.50 bits per heavy atom. The van der Waals surface area contributed by atoms with Crippen LogP contribution in [0.1, 0.15) is 30.1 Å². The van der Waals surface area contributed by atoms with E-state index in [1.54, 1.807) is 18.2 Å². The quantitative estimate of drug-likeness (QED) is 0.619. The van der Waals surface area contributed by atoms with E-state index in [1.165, 1.54) is 7.11 Å². The Morgan fingerprint density at radius 2 is 1.83 bits per heavy atom. The molecule has 0 N–H and O–H groups in total. The summed E-state index contributed by atoms with van der Waals surface area (Å²) >= 11 is 0. The second kappa shape index (κ2) is 7.21. The minimum Gasteiger partial charge on any atom is -0.486 e. The third kappa shape index (κ3) is 3.38. The Morgan fingerprint density at radius 1 is 1.17 bits per heavy atom. The van der Waals surface area contributed by atoms with E-state index in [1.807, 2.05) is 6.92 Å². The number of Topliss-reactive ketones (excluding diaryl/α,β-unsaturated/α-hetero) is 1. The molecule has 1 aromatic rings. The molecule has 0 spiro atoms. The number of rotatable bonds is 4. The van der Waals surface area contributed by atoms with Gasteiger partial charge in [0, 0.05) is 11.5 Å².